The van der Waals surface area contributed by atoms with Crippen LogP contribution in [0.2, 0.25) is 0 Å². The number of nitrogens with zero attached hydrogens (tertiary/aromatic N) is 2. The Morgan fingerprint density at radius 1 is 1.59 bits per heavy atom. The number of thiazole rings is 1. The number of nitrogens with one attached hydrogen (secondary N) is 1. The van der Waals surface area contributed by atoms with Crippen LogP contribution in [0.15, 0.2) is 0 Å². The Kier molecular flexibility index (Phi) is 4.64. The molecule has 0 aromatic carbocycles. The number of aryl methyl sites for hydroxylation is 2. The number of amides is 1. The summed E-state index contributed by atoms with van der Waals surface area (Å²) in [6, 6.07) is 2.02. The number of nitriles is 1. The van der Waals surface area contributed by atoms with Crippen LogP contribution in [0.3, 0.4) is 0 Å². The van der Waals surface area contributed by atoms with E-state index in [0.717, 1.165) is 17.0 Å². The van der Waals surface area contributed by atoms with E-state index in [1.54, 1.807) is 0 Å². The SMILES string of the molecule is CCc1nc(NC(=O)C(C#N)C(C)C)sc1C. The lowest BCUT2D eigenvalue weighted by Crippen LogP contribution is -2.25. The summed E-state index contributed by atoms with van der Waals surface area (Å²) >= 11 is 1.45. The number of carbonyl (C=O) groups is 1. The van der Waals surface area contributed by atoms with Gasteiger partial charge < -0.3 is 5.32 Å². The molecular formula is C12H17N3OS. The fraction of sp³-hybridized carbons (Fsp3) is 0.583. The number of carbonyl (C=O) groups excluding carboxylic acids is 1. The Hall–Kier alpha value is -1.41. The van der Waals surface area contributed by atoms with Gasteiger partial charge in [0.15, 0.2) is 5.13 Å². The molecule has 0 aliphatic heterocycles. The average molecular weight is 251 g/mol. The lowest BCUT2D eigenvalue weighted by atomic mass is 9.97. The molecule has 17 heavy (non-hydrogen) atoms. The van der Waals surface area contributed by atoms with Crippen molar-refractivity contribution < 1.29 is 4.79 Å². The molecule has 0 fully saturated rings. The molecule has 1 amide bonds. The molecule has 4 nitrogen and oxygen atoms in total. The van der Waals surface area contributed by atoms with Gasteiger partial charge in [-0.15, -0.1) is 11.3 Å². The minimum absolute atomic E-state index is 0.00621. The Balaban J connectivity index is 2.77. The first-order valence-corrected chi connectivity index (χ1v) is 6.48. The second-order valence-corrected chi connectivity index (χ2v) is 5.42. The third-order valence-corrected chi connectivity index (χ3v) is 3.47. The van der Waals surface area contributed by atoms with Crippen LogP contribution in [0.25, 0.3) is 0 Å². The van der Waals surface area contributed by atoms with Crippen molar-refractivity contribution in [3.8, 4) is 6.07 Å². The van der Waals surface area contributed by atoms with E-state index in [9.17, 15) is 4.79 Å². The summed E-state index contributed by atoms with van der Waals surface area (Å²) in [6.07, 6.45) is 0.851. The molecule has 1 aromatic heterocycles. The van der Waals surface area contributed by atoms with Crippen LogP contribution >= 0.6 is 11.3 Å². The summed E-state index contributed by atoms with van der Waals surface area (Å²) in [5.41, 5.74) is 1.00. The maximum Gasteiger partial charge on any atom is 0.243 e. The molecule has 92 valence electrons. The predicted molar refractivity (Wildman–Crippen MR) is 68.8 cm³/mol. The summed E-state index contributed by atoms with van der Waals surface area (Å²) in [5, 5.41) is 12.2. The summed E-state index contributed by atoms with van der Waals surface area (Å²) in [6.45, 7) is 7.73. The highest BCUT2D eigenvalue weighted by molar-refractivity contribution is 7.15. The second-order valence-electron chi connectivity index (χ2n) is 4.22. The first kappa shape index (κ1) is 13.7. The Morgan fingerprint density at radius 3 is 2.65 bits per heavy atom. The number of aromatic nitrogens is 1. The maximum absolute atomic E-state index is 11.8. The van der Waals surface area contributed by atoms with Crippen molar-refractivity contribution in [1.82, 2.24) is 4.98 Å². The molecule has 1 aromatic rings. The molecule has 1 N–H and O–H groups in total. The van der Waals surface area contributed by atoms with E-state index in [-0.39, 0.29) is 11.8 Å². The molecule has 0 saturated heterocycles. The molecule has 1 unspecified atom stereocenters. The molecule has 0 saturated carbocycles. The zero-order chi connectivity index (χ0) is 13.0. The Labute approximate surface area is 106 Å². The van der Waals surface area contributed by atoms with E-state index in [1.807, 2.05) is 33.8 Å². The van der Waals surface area contributed by atoms with Gasteiger partial charge >= 0.3 is 0 Å². The Bertz CT molecular complexity index is 445. The van der Waals surface area contributed by atoms with Crippen LogP contribution in [-0.2, 0) is 11.2 Å². The largest absolute Gasteiger partial charge is 0.301 e. The second kappa shape index (κ2) is 5.78. The lowest BCUT2D eigenvalue weighted by Gasteiger charge is -2.11. The van der Waals surface area contributed by atoms with E-state index < -0.39 is 5.92 Å². The van der Waals surface area contributed by atoms with Gasteiger partial charge in [-0.25, -0.2) is 4.98 Å². The average Bonchev–Trinajstić information content (AvgIpc) is 2.58. The number of anilines is 1. The van der Waals surface area contributed by atoms with Crippen LogP contribution in [-0.4, -0.2) is 10.9 Å². The van der Waals surface area contributed by atoms with Gasteiger partial charge in [-0.1, -0.05) is 20.8 Å². The minimum Gasteiger partial charge on any atom is -0.301 e. The van der Waals surface area contributed by atoms with E-state index >= 15 is 0 Å². The quantitative estimate of drug-likeness (QED) is 0.894. The van der Waals surface area contributed by atoms with E-state index in [1.165, 1.54) is 11.3 Å². The summed E-state index contributed by atoms with van der Waals surface area (Å²) in [7, 11) is 0. The normalized spacial score (nSPS) is 12.2. The molecule has 1 atom stereocenters. The molecule has 0 bridgehead atoms. The lowest BCUT2D eigenvalue weighted by molar-refractivity contribution is -0.119. The summed E-state index contributed by atoms with van der Waals surface area (Å²) in [4.78, 5) is 17.3. The Morgan fingerprint density at radius 2 is 2.24 bits per heavy atom. The van der Waals surface area contributed by atoms with Crippen LogP contribution in [0, 0.1) is 30.1 Å². The first-order valence-electron chi connectivity index (χ1n) is 5.66. The summed E-state index contributed by atoms with van der Waals surface area (Å²) < 4.78 is 0. The smallest absolute Gasteiger partial charge is 0.243 e. The van der Waals surface area contributed by atoms with E-state index in [2.05, 4.69) is 10.3 Å². The third kappa shape index (κ3) is 3.27. The topological polar surface area (TPSA) is 65.8 Å². The van der Waals surface area contributed by atoms with Crippen molar-refractivity contribution in [2.24, 2.45) is 11.8 Å². The first-order chi connectivity index (χ1) is 7.99. The molecule has 0 radical (unpaired) electrons. The highest BCUT2D eigenvalue weighted by atomic mass is 32.1. The predicted octanol–water partition coefficient (Wildman–Crippen LogP) is 2.75. The van der Waals surface area contributed by atoms with Gasteiger partial charge in [0.2, 0.25) is 5.91 Å². The zero-order valence-corrected chi connectivity index (χ0v) is 11.4. The highest BCUT2D eigenvalue weighted by Crippen LogP contribution is 2.23. The minimum atomic E-state index is -0.621. The highest BCUT2D eigenvalue weighted by Gasteiger charge is 2.22. The van der Waals surface area contributed by atoms with E-state index in [4.69, 9.17) is 5.26 Å². The van der Waals surface area contributed by atoms with Gasteiger partial charge in [0.05, 0.1) is 11.8 Å². The van der Waals surface area contributed by atoms with E-state index in [0.29, 0.717) is 5.13 Å². The van der Waals surface area contributed by atoms with Gasteiger partial charge in [0.1, 0.15) is 5.92 Å². The molecular weight excluding hydrogens is 234 g/mol. The van der Waals surface area contributed by atoms with Gasteiger partial charge in [-0.3, -0.25) is 4.79 Å². The molecule has 0 spiro atoms. The van der Waals surface area contributed by atoms with Crippen molar-refractivity contribution in [2.75, 3.05) is 5.32 Å². The van der Waals surface area contributed by atoms with Crippen molar-refractivity contribution in [1.29, 1.82) is 5.26 Å². The molecule has 0 aliphatic carbocycles. The van der Waals surface area contributed by atoms with Gasteiger partial charge in [-0.2, -0.15) is 5.26 Å². The van der Waals surface area contributed by atoms with Crippen LogP contribution in [0.4, 0.5) is 5.13 Å². The van der Waals surface area contributed by atoms with Crippen LogP contribution in [0.1, 0.15) is 31.3 Å². The van der Waals surface area contributed by atoms with Gasteiger partial charge in [0, 0.05) is 4.88 Å². The number of rotatable bonds is 4. The molecule has 5 heteroatoms. The standard InChI is InChI=1S/C12H17N3OS/c1-5-10-8(4)17-12(14-10)15-11(16)9(6-13)7(2)3/h7,9H,5H2,1-4H3,(H,14,15,16). The summed E-state index contributed by atoms with van der Waals surface area (Å²) in [5.74, 6) is -0.880. The third-order valence-electron chi connectivity index (χ3n) is 2.55. The fourth-order valence-corrected chi connectivity index (χ4v) is 2.41. The van der Waals surface area contributed by atoms with Crippen LogP contribution < -0.4 is 5.32 Å². The van der Waals surface area contributed by atoms with Crippen molar-refractivity contribution >= 4 is 22.4 Å². The molecule has 1 heterocycles. The number of hydrogen-bond donors (Lipinski definition) is 1. The van der Waals surface area contributed by atoms with Crippen LogP contribution in [0.5, 0.6) is 0 Å². The maximum atomic E-state index is 11.8. The zero-order valence-electron chi connectivity index (χ0n) is 10.6. The van der Waals surface area contributed by atoms with Crippen molar-refractivity contribution in [2.45, 2.75) is 34.1 Å². The van der Waals surface area contributed by atoms with Gasteiger partial charge in [-0.05, 0) is 19.3 Å². The monoisotopic (exact) mass is 251 g/mol. The van der Waals surface area contributed by atoms with Crippen molar-refractivity contribution in [3.63, 3.8) is 0 Å². The number of hydrogen-bond acceptors (Lipinski definition) is 4. The van der Waals surface area contributed by atoms with Crippen molar-refractivity contribution in [3.05, 3.63) is 10.6 Å². The fourth-order valence-electron chi connectivity index (χ4n) is 1.50. The van der Waals surface area contributed by atoms with Gasteiger partial charge in [0.25, 0.3) is 0 Å². The molecule has 0 aliphatic rings. The molecule has 1 rings (SSSR count).